The summed E-state index contributed by atoms with van der Waals surface area (Å²) in [5.74, 6) is 2.44. The molecule has 1 saturated carbocycles. The van der Waals surface area contributed by atoms with Gasteiger partial charge < -0.3 is 5.32 Å². The molecular formula is C31H35ClN4. The molecule has 186 valence electrons. The number of nitrogens with zero attached hydrogens (tertiary/aromatic N) is 3. The summed E-state index contributed by atoms with van der Waals surface area (Å²) in [7, 11) is 0. The van der Waals surface area contributed by atoms with Crippen molar-refractivity contribution in [2.45, 2.75) is 58.9 Å². The molecule has 4 nitrogen and oxygen atoms in total. The number of aromatic nitrogens is 1. The van der Waals surface area contributed by atoms with E-state index in [9.17, 15) is 0 Å². The van der Waals surface area contributed by atoms with Crippen LogP contribution >= 0.6 is 11.6 Å². The van der Waals surface area contributed by atoms with Gasteiger partial charge in [0.05, 0.1) is 6.54 Å². The van der Waals surface area contributed by atoms with Gasteiger partial charge in [-0.05, 0) is 97.2 Å². The van der Waals surface area contributed by atoms with E-state index in [0.717, 1.165) is 65.1 Å². The lowest BCUT2D eigenvalue weighted by Crippen LogP contribution is -2.25. The maximum absolute atomic E-state index is 6.19. The van der Waals surface area contributed by atoms with Crippen LogP contribution in [0.1, 0.15) is 63.5 Å². The lowest BCUT2D eigenvalue weighted by molar-refractivity contribution is 0.916. The molecule has 0 radical (unpaired) electrons. The van der Waals surface area contributed by atoms with Gasteiger partial charge in [0.15, 0.2) is 0 Å². The van der Waals surface area contributed by atoms with Crippen molar-refractivity contribution < 1.29 is 0 Å². The van der Waals surface area contributed by atoms with Gasteiger partial charge in [-0.25, -0.2) is 4.99 Å². The fraction of sp³-hybridized carbons (Fsp3) is 0.323. The molecular weight excluding hydrogens is 464 g/mol. The molecule has 36 heavy (non-hydrogen) atoms. The van der Waals surface area contributed by atoms with E-state index in [1.54, 1.807) is 12.4 Å². The molecule has 1 aromatic heterocycles. The topological polar surface area (TPSA) is 49.6 Å². The fourth-order valence-electron chi connectivity index (χ4n) is 3.95. The Bertz CT molecular complexity index is 1210. The maximum Gasteiger partial charge on any atom is 0.132 e. The molecule has 1 fully saturated rings. The van der Waals surface area contributed by atoms with Gasteiger partial charge >= 0.3 is 0 Å². The molecule has 1 N–H and O–H groups in total. The smallest absolute Gasteiger partial charge is 0.132 e. The average Bonchev–Trinajstić information content (AvgIpc) is 3.71. The average molecular weight is 499 g/mol. The summed E-state index contributed by atoms with van der Waals surface area (Å²) in [5.41, 5.74) is 5.84. The van der Waals surface area contributed by atoms with Crippen LogP contribution in [0.2, 0.25) is 5.02 Å². The van der Waals surface area contributed by atoms with E-state index in [0.29, 0.717) is 6.54 Å². The molecule has 2 aliphatic rings. The van der Waals surface area contributed by atoms with Crippen LogP contribution in [-0.4, -0.2) is 16.7 Å². The molecule has 0 spiro atoms. The Hall–Kier alpha value is -3.24. The predicted molar refractivity (Wildman–Crippen MR) is 153 cm³/mol. The minimum absolute atomic E-state index is 0.603. The van der Waals surface area contributed by atoms with E-state index in [-0.39, 0.29) is 0 Å². The molecule has 1 aliphatic heterocycles. The number of pyridine rings is 1. The van der Waals surface area contributed by atoms with Gasteiger partial charge in [0.1, 0.15) is 11.7 Å². The van der Waals surface area contributed by atoms with Gasteiger partial charge in [-0.2, -0.15) is 0 Å². The second-order valence-corrected chi connectivity index (χ2v) is 9.89. The molecule has 1 aromatic carbocycles. The van der Waals surface area contributed by atoms with Crippen LogP contribution in [0.25, 0.3) is 6.08 Å². The van der Waals surface area contributed by atoms with Crippen molar-refractivity contribution in [1.29, 1.82) is 0 Å². The van der Waals surface area contributed by atoms with Crippen molar-refractivity contribution in [3.63, 3.8) is 0 Å². The Labute approximate surface area is 220 Å². The van der Waals surface area contributed by atoms with Crippen molar-refractivity contribution in [3.05, 3.63) is 106 Å². The van der Waals surface area contributed by atoms with E-state index in [1.807, 2.05) is 30.3 Å². The van der Waals surface area contributed by atoms with Crippen LogP contribution in [0.3, 0.4) is 0 Å². The number of hydrogen-bond acceptors (Lipinski definition) is 3. The fourth-order valence-corrected chi connectivity index (χ4v) is 4.14. The number of aliphatic imine (C=N–C) groups is 2. The van der Waals surface area contributed by atoms with Crippen LogP contribution < -0.4 is 5.32 Å². The first-order valence-corrected chi connectivity index (χ1v) is 13.3. The van der Waals surface area contributed by atoms with Gasteiger partial charge in [-0.3, -0.25) is 9.98 Å². The van der Waals surface area contributed by atoms with Crippen molar-refractivity contribution in [1.82, 2.24) is 10.3 Å². The summed E-state index contributed by atoms with van der Waals surface area (Å²) in [5, 5.41) is 4.36. The highest BCUT2D eigenvalue weighted by Crippen LogP contribution is 2.30. The van der Waals surface area contributed by atoms with Crippen molar-refractivity contribution in [2.24, 2.45) is 15.9 Å². The molecule has 0 saturated heterocycles. The summed E-state index contributed by atoms with van der Waals surface area (Å²) >= 11 is 6.19. The third kappa shape index (κ3) is 8.46. The van der Waals surface area contributed by atoms with E-state index in [1.165, 1.54) is 24.0 Å². The first kappa shape index (κ1) is 25.8. The highest BCUT2D eigenvalue weighted by Gasteiger charge is 2.17. The number of allylic oxidation sites excluding steroid dienone is 5. The van der Waals surface area contributed by atoms with E-state index in [2.05, 4.69) is 60.6 Å². The number of rotatable bonds is 9. The molecule has 0 amide bonds. The molecule has 5 heteroatoms. The summed E-state index contributed by atoms with van der Waals surface area (Å²) in [6, 6.07) is 11.9. The maximum atomic E-state index is 6.19. The third-order valence-corrected chi connectivity index (χ3v) is 6.48. The highest BCUT2D eigenvalue weighted by atomic mass is 35.5. The lowest BCUT2D eigenvalue weighted by Gasteiger charge is -2.17. The normalized spacial score (nSPS) is 18.5. The number of amidine groups is 2. The number of hydrogen-bond donors (Lipinski definition) is 1. The molecule has 0 bridgehead atoms. The summed E-state index contributed by atoms with van der Waals surface area (Å²) in [4.78, 5) is 14.0. The van der Waals surface area contributed by atoms with Gasteiger partial charge in [0.25, 0.3) is 0 Å². The zero-order valence-electron chi connectivity index (χ0n) is 21.3. The Morgan fingerprint density at radius 1 is 1.14 bits per heavy atom. The number of halogens is 1. The van der Waals surface area contributed by atoms with Crippen molar-refractivity contribution in [3.8, 4) is 0 Å². The predicted octanol–water partition coefficient (Wildman–Crippen LogP) is 8.10. The zero-order valence-corrected chi connectivity index (χ0v) is 22.0. The SMILES string of the molecule is CCCC(=C/C1=NC(=NCc2ccncc2)CCC(C)=C(/C=C/c2cccc(Cl)c2)N1)/C=C/C1CC1. The second-order valence-electron chi connectivity index (χ2n) is 9.46. The lowest BCUT2D eigenvalue weighted by atomic mass is 10.1. The van der Waals surface area contributed by atoms with Crippen LogP contribution in [0.4, 0.5) is 0 Å². The Morgan fingerprint density at radius 3 is 2.72 bits per heavy atom. The molecule has 1 aliphatic carbocycles. The summed E-state index contributed by atoms with van der Waals surface area (Å²) < 4.78 is 0. The van der Waals surface area contributed by atoms with Crippen molar-refractivity contribution in [2.75, 3.05) is 0 Å². The largest absolute Gasteiger partial charge is 0.340 e. The molecule has 0 atom stereocenters. The van der Waals surface area contributed by atoms with Crippen LogP contribution in [0, 0.1) is 5.92 Å². The van der Waals surface area contributed by atoms with Crippen LogP contribution in [0.5, 0.6) is 0 Å². The zero-order chi connectivity index (χ0) is 25.2. The van der Waals surface area contributed by atoms with Gasteiger partial charge in [0, 0.05) is 29.5 Å². The first-order valence-electron chi connectivity index (χ1n) is 12.9. The van der Waals surface area contributed by atoms with E-state index in [4.69, 9.17) is 21.6 Å². The van der Waals surface area contributed by atoms with E-state index < -0.39 is 0 Å². The molecule has 2 heterocycles. The highest BCUT2D eigenvalue weighted by molar-refractivity contribution is 6.30. The summed E-state index contributed by atoms with van der Waals surface area (Å²) in [6.07, 6.45) is 21.1. The minimum Gasteiger partial charge on any atom is -0.340 e. The summed E-state index contributed by atoms with van der Waals surface area (Å²) in [6.45, 7) is 5.00. The van der Waals surface area contributed by atoms with Gasteiger partial charge in [-0.15, -0.1) is 0 Å². The Balaban J connectivity index is 1.63. The van der Waals surface area contributed by atoms with Crippen LogP contribution in [0.15, 0.2) is 99.9 Å². The Kier molecular flexibility index (Phi) is 9.46. The monoisotopic (exact) mass is 498 g/mol. The van der Waals surface area contributed by atoms with Gasteiger partial charge in [-0.1, -0.05) is 55.3 Å². The molecule has 2 aromatic rings. The number of benzene rings is 1. The standard InChI is InChI=1S/C31H35ClN4/c1-3-5-25(12-11-24-9-10-24)21-31-35-29(14-13-26-6-4-7-28(32)20-26)23(2)8-15-30(36-31)34-22-27-16-18-33-19-17-27/h4,6-7,11-14,16-21,24H,3,5,8-10,15,22H2,1-2H3,(H,34,35,36)/b12-11+,14-13+,25-21-,29-23?. The van der Waals surface area contributed by atoms with Crippen molar-refractivity contribution >= 4 is 29.3 Å². The van der Waals surface area contributed by atoms with Gasteiger partial charge in [0.2, 0.25) is 0 Å². The first-order chi connectivity index (χ1) is 17.6. The van der Waals surface area contributed by atoms with Crippen LogP contribution in [-0.2, 0) is 6.54 Å². The molecule has 4 rings (SSSR count). The van der Waals surface area contributed by atoms with E-state index >= 15 is 0 Å². The minimum atomic E-state index is 0.603. The number of nitrogens with one attached hydrogen (secondary N) is 1. The molecule has 0 unspecified atom stereocenters. The Morgan fingerprint density at radius 2 is 1.97 bits per heavy atom. The quantitative estimate of drug-likeness (QED) is 0.355. The third-order valence-electron chi connectivity index (χ3n) is 6.25. The second kappa shape index (κ2) is 13.2.